The summed E-state index contributed by atoms with van der Waals surface area (Å²) >= 11 is 6.08. The molecule has 0 saturated carbocycles. The van der Waals surface area contributed by atoms with Crippen molar-refractivity contribution in [2.75, 3.05) is 5.32 Å². The normalized spacial score (nSPS) is 10.8. The van der Waals surface area contributed by atoms with Gasteiger partial charge in [-0.2, -0.15) is 0 Å². The van der Waals surface area contributed by atoms with Crippen molar-refractivity contribution in [2.24, 2.45) is 0 Å². The van der Waals surface area contributed by atoms with E-state index < -0.39 is 0 Å². The number of nitrogens with one attached hydrogen (secondary N) is 1. The largest absolute Gasteiger partial charge is 0.338 e. The number of halogens is 1. The Morgan fingerprint density at radius 3 is 2.44 bits per heavy atom. The Balaban J connectivity index is 1.87. The lowest BCUT2D eigenvalue weighted by atomic mass is 10.0. The minimum atomic E-state index is 0.680. The lowest BCUT2D eigenvalue weighted by Crippen LogP contribution is -1.99. The van der Waals surface area contributed by atoms with E-state index in [4.69, 9.17) is 11.6 Å². The second kappa shape index (κ2) is 6.54. The van der Waals surface area contributed by atoms with Gasteiger partial charge in [-0.15, -0.1) is 10.2 Å². The second-order valence-electron chi connectivity index (χ2n) is 5.95. The van der Waals surface area contributed by atoms with Gasteiger partial charge in [-0.1, -0.05) is 65.7 Å². The monoisotopic (exact) mass is 345 g/mol. The number of rotatable bonds is 3. The number of fused-ring (bicyclic) bond motifs is 1. The average Bonchev–Trinajstić information content (AvgIpc) is 2.62. The molecule has 0 aliphatic carbocycles. The zero-order valence-electron chi connectivity index (χ0n) is 13.7. The van der Waals surface area contributed by atoms with Crippen molar-refractivity contribution < 1.29 is 0 Å². The summed E-state index contributed by atoms with van der Waals surface area (Å²) in [6, 6.07) is 24.0. The highest BCUT2D eigenvalue weighted by Crippen LogP contribution is 2.32. The third kappa shape index (κ3) is 3.19. The molecule has 0 amide bonds. The van der Waals surface area contributed by atoms with Crippen LogP contribution in [-0.2, 0) is 0 Å². The highest BCUT2D eigenvalue weighted by molar-refractivity contribution is 6.30. The molecule has 4 aromatic rings. The molecule has 0 unspecified atom stereocenters. The standard InChI is InChI=1S/C21H16ClN3/c1-14-10-11-18-19(12-14)20(15-6-3-2-4-7-15)24-25-21(18)23-17-9-5-8-16(22)13-17/h2-13H,1H3,(H,23,25). The van der Waals surface area contributed by atoms with Gasteiger partial charge in [0.1, 0.15) is 5.69 Å². The molecule has 122 valence electrons. The van der Waals surface area contributed by atoms with Crippen LogP contribution in [0.15, 0.2) is 72.8 Å². The summed E-state index contributed by atoms with van der Waals surface area (Å²) in [6.07, 6.45) is 0. The van der Waals surface area contributed by atoms with Crippen molar-refractivity contribution in [3.63, 3.8) is 0 Å². The fraction of sp³-hybridized carbons (Fsp3) is 0.0476. The number of nitrogens with zero attached hydrogens (tertiary/aromatic N) is 2. The van der Waals surface area contributed by atoms with Crippen LogP contribution in [-0.4, -0.2) is 10.2 Å². The van der Waals surface area contributed by atoms with Crippen LogP contribution in [0.25, 0.3) is 22.0 Å². The van der Waals surface area contributed by atoms with Gasteiger partial charge in [0.2, 0.25) is 0 Å². The molecule has 0 radical (unpaired) electrons. The molecule has 0 aliphatic rings. The maximum Gasteiger partial charge on any atom is 0.161 e. The van der Waals surface area contributed by atoms with Crippen molar-refractivity contribution in [1.29, 1.82) is 0 Å². The number of anilines is 2. The van der Waals surface area contributed by atoms with Crippen LogP contribution in [0.2, 0.25) is 5.02 Å². The topological polar surface area (TPSA) is 37.8 Å². The molecule has 0 bridgehead atoms. The molecule has 0 spiro atoms. The van der Waals surface area contributed by atoms with E-state index in [9.17, 15) is 0 Å². The Morgan fingerprint density at radius 2 is 1.64 bits per heavy atom. The van der Waals surface area contributed by atoms with Crippen molar-refractivity contribution in [3.8, 4) is 11.3 Å². The summed E-state index contributed by atoms with van der Waals surface area (Å²) in [5.74, 6) is 0.719. The van der Waals surface area contributed by atoms with Gasteiger partial charge in [-0.05, 0) is 31.2 Å². The summed E-state index contributed by atoms with van der Waals surface area (Å²) in [7, 11) is 0. The van der Waals surface area contributed by atoms with Gasteiger partial charge in [-0.25, -0.2) is 0 Å². The summed E-state index contributed by atoms with van der Waals surface area (Å²) in [5.41, 5.74) is 4.01. The summed E-state index contributed by atoms with van der Waals surface area (Å²) in [6.45, 7) is 2.08. The van der Waals surface area contributed by atoms with Crippen LogP contribution < -0.4 is 5.32 Å². The first kappa shape index (κ1) is 15.6. The van der Waals surface area contributed by atoms with Gasteiger partial charge in [0.15, 0.2) is 5.82 Å². The van der Waals surface area contributed by atoms with Crippen LogP contribution in [0, 0.1) is 6.92 Å². The SMILES string of the molecule is Cc1ccc2c(Nc3cccc(Cl)c3)nnc(-c3ccccc3)c2c1. The van der Waals surface area contributed by atoms with Gasteiger partial charge in [0, 0.05) is 27.0 Å². The fourth-order valence-corrected chi connectivity index (χ4v) is 3.06. The molecular weight excluding hydrogens is 330 g/mol. The molecule has 3 aromatic carbocycles. The molecule has 4 rings (SSSR count). The second-order valence-corrected chi connectivity index (χ2v) is 6.38. The first-order chi connectivity index (χ1) is 12.2. The quantitative estimate of drug-likeness (QED) is 0.494. The minimum absolute atomic E-state index is 0.680. The van der Waals surface area contributed by atoms with Crippen LogP contribution in [0.3, 0.4) is 0 Å². The summed E-state index contributed by atoms with van der Waals surface area (Å²) < 4.78 is 0. The zero-order valence-corrected chi connectivity index (χ0v) is 14.5. The van der Waals surface area contributed by atoms with Gasteiger partial charge in [-0.3, -0.25) is 0 Å². The van der Waals surface area contributed by atoms with Gasteiger partial charge in [0.25, 0.3) is 0 Å². The van der Waals surface area contributed by atoms with E-state index in [0.717, 1.165) is 33.5 Å². The van der Waals surface area contributed by atoms with Gasteiger partial charge >= 0.3 is 0 Å². The smallest absolute Gasteiger partial charge is 0.161 e. The molecule has 0 atom stereocenters. The lowest BCUT2D eigenvalue weighted by Gasteiger charge is -2.12. The minimum Gasteiger partial charge on any atom is -0.338 e. The molecule has 0 fully saturated rings. The van der Waals surface area contributed by atoms with Crippen LogP contribution in [0.1, 0.15) is 5.56 Å². The molecule has 3 nitrogen and oxygen atoms in total. The molecule has 4 heteroatoms. The molecule has 0 aliphatic heterocycles. The van der Waals surface area contributed by atoms with Crippen LogP contribution >= 0.6 is 11.6 Å². The van der Waals surface area contributed by atoms with Gasteiger partial charge < -0.3 is 5.32 Å². The molecular formula is C21H16ClN3. The summed E-state index contributed by atoms with van der Waals surface area (Å²) in [4.78, 5) is 0. The molecule has 1 aromatic heterocycles. The molecule has 1 heterocycles. The maximum absolute atomic E-state index is 6.08. The molecule has 25 heavy (non-hydrogen) atoms. The van der Waals surface area contributed by atoms with E-state index in [1.807, 2.05) is 42.5 Å². The summed E-state index contributed by atoms with van der Waals surface area (Å²) in [5, 5.41) is 15.0. The number of hydrogen-bond acceptors (Lipinski definition) is 3. The number of hydrogen-bond donors (Lipinski definition) is 1. The van der Waals surface area contributed by atoms with E-state index in [1.54, 1.807) is 0 Å². The fourth-order valence-electron chi connectivity index (χ4n) is 2.87. The van der Waals surface area contributed by atoms with Crippen LogP contribution in [0.5, 0.6) is 0 Å². The first-order valence-electron chi connectivity index (χ1n) is 8.06. The predicted molar refractivity (Wildman–Crippen MR) is 104 cm³/mol. The average molecular weight is 346 g/mol. The molecule has 1 N–H and O–H groups in total. The van der Waals surface area contributed by atoms with Crippen molar-refractivity contribution in [2.45, 2.75) is 6.92 Å². The van der Waals surface area contributed by atoms with E-state index in [-0.39, 0.29) is 0 Å². The van der Waals surface area contributed by atoms with Crippen molar-refractivity contribution in [3.05, 3.63) is 83.4 Å². The van der Waals surface area contributed by atoms with Crippen LogP contribution in [0.4, 0.5) is 11.5 Å². The Kier molecular flexibility index (Phi) is 4.08. The Hall–Kier alpha value is -2.91. The van der Waals surface area contributed by atoms with E-state index in [1.165, 1.54) is 5.56 Å². The third-order valence-electron chi connectivity index (χ3n) is 4.07. The predicted octanol–water partition coefficient (Wildman–Crippen LogP) is 6.00. The third-order valence-corrected chi connectivity index (χ3v) is 4.30. The highest BCUT2D eigenvalue weighted by Gasteiger charge is 2.11. The lowest BCUT2D eigenvalue weighted by molar-refractivity contribution is 1.06. The van der Waals surface area contributed by atoms with Gasteiger partial charge in [0.05, 0.1) is 0 Å². The van der Waals surface area contributed by atoms with Crippen molar-refractivity contribution in [1.82, 2.24) is 10.2 Å². The highest BCUT2D eigenvalue weighted by atomic mass is 35.5. The van der Waals surface area contributed by atoms with Crippen molar-refractivity contribution >= 4 is 33.9 Å². The van der Waals surface area contributed by atoms with E-state index in [0.29, 0.717) is 5.02 Å². The molecule has 0 saturated heterocycles. The maximum atomic E-state index is 6.08. The van der Waals surface area contributed by atoms with E-state index in [2.05, 4.69) is 52.8 Å². The zero-order chi connectivity index (χ0) is 17.2. The number of benzene rings is 3. The Morgan fingerprint density at radius 1 is 0.800 bits per heavy atom. The Bertz CT molecular complexity index is 1050. The first-order valence-corrected chi connectivity index (χ1v) is 8.43. The number of aromatic nitrogens is 2. The number of aryl methyl sites for hydroxylation is 1. The van der Waals surface area contributed by atoms with E-state index >= 15 is 0 Å². The Labute approximate surface area is 151 Å².